The zero-order chi connectivity index (χ0) is 12.2. The SMILES string of the molecule is CCC1CCC(C(O)CNC(C)(C)C)CC1. The molecule has 1 aliphatic rings. The highest BCUT2D eigenvalue weighted by Gasteiger charge is 2.26. The second-order valence-corrected chi connectivity index (χ2v) is 6.39. The molecule has 1 rings (SSSR count). The van der Waals surface area contributed by atoms with E-state index in [-0.39, 0.29) is 11.6 Å². The minimum atomic E-state index is -0.156. The van der Waals surface area contributed by atoms with Crippen molar-refractivity contribution in [3.05, 3.63) is 0 Å². The van der Waals surface area contributed by atoms with Crippen LogP contribution in [0.15, 0.2) is 0 Å². The Morgan fingerprint density at radius 1 is 1.19 bits per heavy atom. The van der Waals surface area contributed by atoms with E-state index >= 15 is 0 Å². The average molecular weight is 227 g/mol. The van der Waals surface area contributed by atoms with E-state index in [1.807, 2.05) is 0 Å². The van der Waals surface area contributed by atoms with Gasteiger partial charge in [0.05, 0.1) is 6.10 Å². The number of aliphatic hydroxyl groups excluding tert-OH is 1. The fraction of sp³-hybridized carbons (Fsp3) is 1.00. The van der Waals surface area contributed by atoms with Crippen LogP contribution in [0.3, 0.4) is 0 Å². The Bertz CT molecular complexity index is 189. The maximum Gasteiger partial charge on any atom is 0.0692 e. The molecule has 1 fully saturated rings. The lowest BCUT2D eigenvalue weighted by molar-refractivity contribution is 0.0676. The summed E-state index contributed by atoms with van der Waals surface area (Å²) in [4.78, 5) is 0. The van der Waals surface area contributed by atoms with Crippen LogP contribution in [0.4, 0.5) is 0 Å². The fourth-order valence-corrected chi connectivity index (χ4v) is 2.56. The van der Waals surface area contributed by atoms with Crippen LogP contribution in [-0.4, -0.2) is 23.3 Å². The van der Waals surface area contributed by atoms with Crippen LogP contribution in [-0.2, 0) is 0 Å². The molecule has 2 nitrogen and oxygen atoms in total. The monoisotopic (exact) mass is 227 g/mol. The van der Waals surface area contributed by atoms with Gasteiger partial charge in [-0.3, -0.25) is 0 Å². The van der Waals surface area contributed by atoms with Crippen molar-refractivity contribution in [1.29, 1.82) is 0 Å². The van der Waals surface area contributed by atoms with Crippen LogP contribution in [0.5, 0.6) is 0 Å². The summed E-state index contributed by atoms with van der Waals surface area (Å²) in [7, 11) is 0. The molecule has 1 aliphatic carbocycles. The fourth-order valence-electron chi connectivity index (χ4n) is 2.56. The summed E-state index contributed by atoms with van der Waals surface area (Å²) in [6.45, 7) is 9.46. The Kier molecular flexibility index (Phi) is 5.26. The highest BCUT2D eigenvalue weighted by molar-refractivity contribution is 4.80. The highest BCUT2D eigenvalue weighted by atomic mass is 16.3. The minimum absolute atomic E-state index is 0.113. The van der Waals surface area contributed by atoms with E-state index in [1.165, 1.54) is 32.1 Å². The molecule has 0 radical (unpaired) electrons. The van der Waals surface area contributed by atoms with Crippen molar-refractivity contribution in [1.82, 2.24) is 5.32 Å². The van der Waals surface area contributed by atoms with Crippen molar-refractivity contribution in [3.8, 4) is 0 Å². The van der Waals surface area contributed by atoms with Gasteiger partial charge >= 0.3 is 0 Å². The molecule has 1 saturated carbocycles. The molecule has 16 heavy (non-hydrogen) atoms. The Morgan fingerprint density at radius 3 is 2.19 bits per heavy atom. The summed E-state index contributed by atoms with van der Waals surface area (Å²) in [6.07, 6.45) is 6.21. The summed E-state index contributed by atoms with van der Waals surface area (Å²) < 4.78 is 0. The Labute approximate surface area is 101 Å². The van der Waals surface area contributed by atoms with Gasteiger partial charge in [-0.2, -0.15) is 0 Å². The number of aliphatic hydroxyl groups is 1. The number of nitrogens with one attached hydrogen (secondary N) is 1. The molecule has 0 aromatic heterocycles. The number of rotatable bonds is 4. The van der Waals surface area contributed by atoms with Crippen molar-refractivity contribution in [2.24, 2.45) is 11.8 Å². The van der Waals surface area contributed by atoms with Crippen LogP contribution < -0.4 is 5.32 Å². The predicted octanol–water partition coefficient (Wildman–Crippen LogP) is 2.95. The minimum Gasteiger partial charge on any atom is -0.392 e. The van der Waals surface area contributed by atoms with Crippen LogP contribution in [0.2, 0.25) is 0 Å². The van der Waals surface area contributed by atoms with E-state index in [1.54, 1.807) is 0 Å². The topological polar surface area (TPSA) is 32.3 Å². The summed E-state index contributed by atoms with van der Waals surface area (Å²) in [5, 5.41) is 13.5. The van der Waals surface area contributed by atoms with Crippen LogP contribution in [0.1, 0.15) is 59.8 Å². The first-order valence-corrected chi connectivity index (χ1v) is 6.85. The van der Waals surface area contributed by atoms with Crippen molar-refractivity contribution >= 4 is 0 Å². The number of hydrogen-bond acceptors (Lipinski definition) is 2. The van der Waals surface area contributed by atoms with Gasteiger partial charge in [0.2, 0.25) is 0 Å². The van der Waals surface area contributed by atoms with Gasteiger partial charge in [0.15, 0.2) is 0 Å². The van der Waals surface area contributed by atoms with Crippen LogP contribution in [0.25, 0.3) is 0 Å². The lowest BCUT2D eigenvalue weighted by Crippen LogP contribution is -2.43. The molecule has 0 amide bonds. The van der Waals surface area contributed by atoms with Crippen molar-refractivity contribution in [3.63, 3.8) is 0 Å². The molecule has 0 aromatic carbocycles. The Balaban J connectivity index is 2.25. The van der Waals surface area contributed by atoms with E-state index in [4.69, 9.17) is 0 Å². The second-order valence-electron chi connectivity index (χ2n) is 6.39. The third-order valence-electron chi connectivity index (χ3n) is 3.85. The van der Waals surface area contributed by atoms with E-state index < -0.39 is 0 Å². The first kappa shape index (κ1) is 14.0. The standard InChI is InChI=1S/C14H29NO/c1-5-11-6-8-12(9-7-11)13(16)10-15-14(2,3)4/h11-13,15-16H,5-10H2,1-4H3. The van der Waals surface area contributed by atoms with E-state index in [0.717, 1.165) is 12.5 Å². The van der Waals surface area contributed by atoms with Crippen molar-refractivity contribution in [2.45, 2.75) is 71.4 Å². The quantitative estimate of drug-likeness (QED) is 0.774. The highest BCUT2D eigenvalue weighted by Crippen LogP contribution is 2.32. The van der Waals surface area contributed by atoms with Gasteiger partial charge in [-0.25, -0.2) is 0 Å². The molecule has 0 aliphatic heterocycles. The summed E-state index contributed by atoms with van der Waals surface area (Å²) in [5.74, 6) is 1.44. The summed E-state index contributed by atoms with van der Waals surface area (Å²) in [6, 6.07) is 0. The van der Waals surface area contributed by atoms with Crippen molar-refractivity contribution < 1.29 is 5.11 Å². The van der Waals surface area contributed by atoms with Gasteiger partial charge in [0.1, 0.15) is 0 Å². The Hall–Kier alpha value is -0.0800. The predicted molar refractivity (Wildman–Crippen MR) is 69.5 cm³/mol. The molecule has 0 bridgehead atoms. The first-order valence-electron chi connectivity index (χ1n) is 6.85. The normalized spacial score (nSPS) is 29.1. The van der Waals surface area contributed by atoms with E-state index in [0.29, 0.717) is 5.92 Å². The van der Waals surface area contributed by atoms with Gasteiger partial charge in [-0.15, -0.1) is 0 Å². The van der Waals surface area contributed by atoms with Gasteiger partial charge < -0.3 is 10.4 Å². The molecule has 1 unspecified atom stereocenters. The van der Waals surface area contributed by atoms with E-state index in [2.05, 4.69) is 33.0 Å². The molecule has 0 aromatic rings. The van der Waals surface area contributed by atoms with Gasteiger partial charge in [0.25, 0.3) is 0 Å². The second kappa shape index (κ2) is 6.02. The first-order chi connectivity index (χ1) is 7.42. The van der Waals surface area contributed by atoms with Crippen LogP contribution >= 0.6 is 0 Å². The Morgan fingerprint density at radius 2 is 1.75 bits per heavy atom. The van der Waals surface area contributed by atoms with Crippen LogP contribution in [0, 0.1) is 11.8 Å². The molecule has 1 atom stereocenters. The lowest BCUT2D eigenvalue weighted by atomic mass is 9.78. The summed E-state index contributed by atoms with van der Waals surface area (Å²) in [5.41, 5.74) is 0.113. The third kappa shape index (κ3) is 4.84. The smallest absolute Gasteiger partial charge is 0.0692 e. The molecule has 0 saturated heterocycles. The third-order valence-corrected chi connectivity index (χ3v) is 3.85. The number of β-amino-alcohol motifs (C(OH)–C–C–N with tert-alkyl or cyclic N) is 1. The molecule has 0 spiro atoms. The van der Waals surface area contributed by atoms with Gasteiger partial charge in [-0.05, 0) is 45.4 Å². The molecule has 2 N–H and O–H groups in total. The average Bonchev–Trinajstić information content (AvgIpc) is 2.25. The number of hydrogen-bond donors (Lipinski definition) is 2. The molecule has 2 heteroatoms. The maximum atomic E-state index is 10.1. The molecule has 96 valence electrons. The van der Waals surface area contributed by atoms with Gasteiger partial charge in [-0.1, -0.05) is 26.2 Å². The maximum absolute atomic E-state index is 10.1. The summed E-state index contributed by atoms with van der Waals surface area (Å²) >= 11 is 0. The van der Waals surface area contributed by atoms with Gasteiger partial charge in [0, 0.05) is 12.1 Å². The lowest BCUT2D eigenvalue weighted by Gasteiger charge is -2.32. The molecule has 0 heterocycles. The van der Waals surface area contributed by atoms with Crippen molar-refractivity contribution in [2.75, 3.05) is 6.54 Å². The molecular weight excluding hydrogens is 198 g/mol. The van der Waals surface area contributed by atoms with E-state index in [9.17, 15) is 5.11 Å². The zero-order valence-corrected chi connectivity index (χ0v) is 11.4. The zero-order valence-electron chi connectivity index (χ0n) is 11.4. The largest absolute Gasteiger partial charge is 0.392 e. The molecular formula is C14H29NO.